The monoisotopic (exact) mass is 259 g/mol. The zero-order valence-corrected chi connectivity index (χ0v) is 11.8. The Bertz CT molecular complexity index is 502. The van der Waals surface area contributed by atoms with Gasteiger partial charge in [0.05, 0.1) is 11.8 Å². The Morgan fingerprint density at radius 2 is 1.89 bits per heavy atom. The molecule has 1 aromatic carbocycles. The van der Waals surface area contributed by atoms with Crippen molar-refractivity contribution in [2.45, 2.75) is 46.3 Å². The summed E-state index contributed by atoms with van der Waals surface area (Å²) in [5, 5.41) is 8.19. The third-order valence-electron chi connectivity index (χ3n) is 2.88. The molecule has 0 N–H and O–H groups in total. The maximum atomic E-state index is 5.62. The Balaban J connectivity index is 1.89. The van der Waals surface area contributed by atoms with Gasteiger partial charge in [0.2, 0.25) is 0 Å². The fourth-order valence-electron chi connectivity index (χ4n) is 1.89. The predicted octanol–water partition coefficient (Wildman–Crippen LogP) is 2.87. The van der Waals surface area contributed by atoms with Gasteiger partial charge < -0.3 is 4.74 Å². The molecule has 2 rings (SSSR count). The molecule has 0 aliphatic carbocycles. The Morgan fingerprint density at radius 1 is 1.16 bits per heavy atom. The lowest BCUT2D eigenvalue weighted by atomic mass is 10.1. The Kier molecular flexibility index (Phi) is 4.55. The van der Waals surface area contributed by atoms with Gasteiger partial charge in [0.1, 0.15) is 5.75 Å². The molecule has 0 bridgehead atoms. The second-order valence-corrected chi connectivity index (χ2v) is 4.88. The molecule has 0 amide bonds. The van der Waals surface area contributed by atoms with E-state index in [1.54, 1.807) is 0 Å². The van der Waals surface area contributed by atoms with Crippen LogP contribution in [0.2, 0.25) is 0 Å². The second-order valence-electron chi connectivity index (χ2n) is 4.88. The Hall–Kier alpha value is -1.84. The number of aromatic nitrogens is 3. The topological polar surface area (TPSA) is 39.9 Å². The number of nitrogens with zero attached hydrogens (tertiary/aromatic N) is 3. The van der Waals surface area contributed by atoms with Crippen LogP contribution in [0.25, 0.3) is 0 Å². The average molecular weight is 259 g/mol. The molecule has 2 aromatic rings. The fourth-order valence-corrected chi connectivity index (χ4v) is 1.89. The van der Waals surface area contributed by atoms with Crippen LogP contribution in [0.15, 0.2) is 30.5 Å². The van der Waals surface area contributed by atoms with Crippen LogP contribution < -0.4 is 4.74 Å². The minimum atomic E-state index is 0.218. The molecule has 1 aromatic heterocycles. The number of rotatable bonds is 6. The Morgan fingerprint density at radius 3 is 2.47 bits per heavy atom. The van der Waals surface area contributed by atoms with Gasteiger partial charge in [-0.25, -0.2) is 0 Å². The smallest absolute Gasteiger partial charge is 0.119 e. The van der Waals surface area contributed by atoms with Crippen LogP contribution in [0.1, 0.15) is 32.0 Å². The Labute approximate surface area is 114 Å². The molecule has 0 saturated carbocycles. The van der Waals surface area contributed by atoms with Crippen LogP contribution in [0, 0.1) is 0 Å². The van der Waals surface area contributed by atoms with Crippen molar-refractivity contribution in [3.8, 4) is 5.75 Å². The zero-order valence-electron chi connectivity index (χ0n) is 11.8. The van der Waals surface area contributed by atoms with E-state index < -0.39 is 0 Å². The van der Waals surface area contributed by atoms with Gasteiger partial charge in [-0.05, 0) is 51.3 Å². The maximum absolute atomic E-state index is 5.62. The van der Waals surface area contributed by atoms with E-state index in [1.165, 1.54) is 5.56 Å². The van der Waals surface area contributed by atoms with E-state index in [2.05, 4.69) is 29.4 Å². The fraction of sp³-hybridized carbons (Fsp3) is 0.467. The highest BCUT2D eigenvalue weighted by molar-refractivity contribution is 5.27. The van der Waals surface area contributed by atoms with Crippen molar-refractivity contribution in [1.82, 2.24) is 15.0 Å². The lowest BCUT2D eigenvalue weighted by Crippen LogP contribution is -2.05. The molecule has 19 heavy (non-hydrogen) atoms. The lowest BCUT2D eigenvalue weighted by Gasteiger charge is -2.09. The maximum Gasteiger partial charge on any atom is 0.119 e. The van der Waals surface area contributed by atoms with Crippen molar-refractivity contribution < 1.29 is 4.74 Å². The summed E-state index contributed by atoms with van der Waals surface area (Å²) in [7, 11) is 0. The third kappa shape index (κ3) is 4.09. The molecule has 1 heterocycles. The van der Waals surface area contributed by atoms with Crippen molar-refractivity contribution in [2.75, 3.05) is 0 Å². The number of aryl methyl sites for hydroxylation is 3. The number of ether oxygens (including phenoxy) is 1. The van der Waals surface area contributed by atoms with Gasteiger partial charge in [-0.2, -0.15) is 0 Å². The van der Waals surface area contributed by atoms with Crippen LogP contribution in [0.4, 0.5) is 0 Å². The molecule has 0 radical (unpaired) electrons. The van der Waals surface area contributed by atoms with E-state index >= 15 is 0 Å². The first kappa shape index (κ1) is 13.6. The van der Waals surface area contributed by atoms with Gasteiger partial charge in [0, 0.05) is 12.7 Å². The molecule has 0 aliphatic heterocycles. The van der Waals surface area contributed by atoms with Crippen molar-refractivity contribution in [3.05, 3.63) is 41.7 Å². The predicted molar refractivity (Wildman–Crippen MR) is 75.3 cm³/mol. The highest BCUT2D eigenvalue weighted by Gasteiger charge is 2.02. The second kappa shape index (κ2) is 6.36. The summed E-state index contributed by atoms with van der Waals surface area (Å²) in [5.74, 6) is 0.927. The number of benzene rings is 1. The minimum Gasteiger partial charge on any atom is -0.491 e. The molecule has 4 heteroatoms. The normalized spacial score (nSPS) is 10.9. The van der Waals surface area contributed by atoms with Crippen LogP contribution in [-0.2, 0) is 19.4 Å². The summed E-state index contributed by atoms with van der Waals surface area (Å²) in [6, 6.07) is 8.28. The summed E-state index contributed by atoms with van der Waals surface area (Å²) in [5.41, 5.74) is 2.34. The molecule has 4 nitrogen and oxygen atoms in total. The largest absolute Gasteiger partial charge is 0.491 e. The van der Waals surface area contributed by atoms with Gasteiger partial charge >= 0.3 is 0 Å². The molecule has 0 spiro atoms. The van der Waals surface area contributed by atoms with Crippen LogP contribution in [0.5, 0.6) is 5.75 Å². The van der Waals surface area contributed by atoms with E-state index in [-0.39, 0.29) is 6.10 Å². The van der Waals surface area contributed by atoms with E-state index in [4.69, 9.17) is 4.74 Å². The molecule has 102 valence electrons. The molecule has 0 saturated heterocycles. The summed E-state index contributed by atoms with van der Waals surface area (Å²) >= 11 is 0. The van der Waals surface area contributed by atoms with Crippen LogP contribution >= 0.6 is 0 Å². The first-order valence-corrected chi connectivity index (χ1v) is 6.82. The molecular formula is C15H21N3O. The van der Waals surface area contributed by atoms with E-state index in [9.17, 15) is 0 Å². The van der Waals surface area contributed by atoms with Crippen molar-refractivity contribution >= 4 is 0 Å². The molecule has 0 unspecified atom stereocenters. The quantitative estimate of drug-likeness (QED) is 0.801. The van der Waals surface area contributed by atoms with Gasteiger partial charge in [-0.1, -0.05) is 17.3 Å². The highest BCUT2D eigenvalue weighted by Crippen LogP contribution is 2.15. The van der Waals surface area contributed by atoms with Gasteiger partial charge in [0.15, 0.2) is 0 Å². The van der Waals surface area contributed by atoms with Crippen molar-refractivity contribution in [3.63, 3.8) is 0 Å². The standard InChI is InChI=1S/C15H21N3O/c1-4-18-11-14(16-17-18)8-5-13-6-9-15(10-7-13)19-12(2)3/h6-7,9-12H,4-5,8H2,1-3H3. The first-order valence-electron chi connectivity index (χ1n) is 6.82. The number of hydrogen-bond acceptors (Lipinski definition) is 3. The summed E-state index contributed by atoms with van der Waals surface area (Å²) in [6.45, 7) is 7.00. The van der Waals surface area contributed by atoms with Crippen LogP contribution in [-0.4, -0.2) is 21.1 Å². The average Bonchev–Trinajstić information content (AvgIpc) is 2.85. The van der Waals surface area contributed by atoms with Crippen molar-refractivity contribution in [1.29, 1.82) is 0 Å². The molecular weight excluding hydrogens is 238 g/mol. The summed E-state index contributed by atoms with van der Waals surface area (Å²) in [6.07, 6.45) is 4.13. The van der Waals surface area contributed by atoms with E-state index in [1.807, 2.05) is 36.9 Å². The zero-order chi connectivity index (χ0) is 13.7. The molecule has 0 aliphatic rings. The summed E-state index contributed by atoms with van der Waals surface area (Å²) < 4.78 is 7.48. The third-order valence-corrected chi connectivity index (χ3v) is 2.88. The van der Waals surface area contributed by atoms with Crippen LogP contribution in [0.3, 0.4) is 0 Å². The first-order chi connectivity index (χ1) is 9.17. The number of hydrogen-bond donors (Lipinski definition) is 0. The lowest BCUT2D eigenvalue weighted by molar-refractivity contribution is 0.242. The minimum absolute atomic E-state index is 0.218. The molecule has 0 atom stereocenters. The van der Waals surface area contributed by atoms with Gasteiger partial charge in [0.25, 0.3) is 0 Å². The SMILES string of the molecule is CCn1cc(CCc2ccc(OC(C)C)cc2)nn1. The molecule has 0 fully saturated rings. The summed E-state index contributed by atoms with van der Waals surface area (Å²) in [4.78, 5) is 0. The van der Waals surface area contributed by atoms with Crippen molar-refractivity contribution in [2.24, 2.45) is 0 Å². The van der Waals surface area contributed by atoms with E-state index in [0.717, 1.165) is 30.8 Å². The van der Waals surface area contributed by atoms with E-state index in [0.29, 0.717) is 0 Å². The highest BCUT2D eigenvalue weighted by atomic mass is 16.5. The van der Waals surface area contributed by atoms with Gasteiger partial charge in [-0.3, -0.25) is 4.68 Å². The van der Waals surface area contributed by atoms with Gasteiger partial charge in [-0.15, -0.1) is 5.10 Å².